The lowest BCUT2D eigenvalue weighted by molar-refractivity contribution is -0.390. The average molecular weight is 275 g/mol. The van der Waals surface area contributed by atoms with Crippen LogP contribution in [0.15, 0.2) is 0 Å². The molecule has 103 valence electrons. The van der Waals surface area contributed by atoms with Crippen molar-refractivity contribution in [2.45, 2.75) is 43.7 Å². The van der Waals surface area contributed by atoms with Gasteiger partial charge in [-0.15, -0.1) is 0 Å². The summed E-state index contributed by atoms with van der Waals surface area (Å²) in [5.41, 5.74) is 0. The normalized spacial score (nSPS) is 15.2. The van der Waals surface area contributed by atoms with Crippen molar-refractivity contribution >= 4 is 0 Å². The summed E-state index contributed by atoms with van der Waals surface area (Å²) in [4.78, 5) is 0. The molecule has 0 amide bonds. The lowest BCUT2D eigenvalue weighted by atomic mass is 9.99. The minimum absolute atomic E-state index is 0.0940. The van der Waals surface area contributed by atoms with Crippen molar-refractivity contribution in [1.82, 2.24) is 0 Å². The fourth-order valence-electron chi connectivity index (χ4n) is 0.841. The summed E-state index contributed by atoms with van der Waals surface area (Å²) in [6.07, 6.45) is -8.09. The van der Waals surface area contributed by atoms with Gasteiger partial charge in [-0.2, -0.15) is 39.5 Å². The van der Waals surface area contributed by atoms with E-state index in [0.29, 0.717) is 0 Å². The molecule has 0 aromatic heterocycles. The van der Waals surface area contributed by atoms with Crippen LogP contribution in [0.3, 0.4) is 0 Å². The van der Waals surface area contributed by atoms with Gasteiger partial charge in [0.05, 0.1) is 0 Å². The van der Waals surface area contributed by atoms with E-state index >= 15 is 0 Å². The summed E-state index contributed by atoms with van der Waals surface area (Å²) in [6.45, 7) is 1.27. The van der Waals surface area contributed by atoms with Crippen LogP contribution in [0.5, 0.6) is 0 Å². The molecular weight excluding hydrogens is 267 g/mol. The number of unbranched alkanes of at least 4 members (excludes halogenated alkanes) is 1. The Balaban J connectivity index is 5.24. The minimum Gasteiger partial charge on any atom is -0.199 e. The molecule has 9 heteroatoms. The van der Waals surface area contributed by atoms with Crippen LogP contribution in [0.1, 0.15) is 19.8 Å². The highest BCUT2D eigenvalue weighted by molar-refractivity contribution is 5.05. The highest BCUT2D eigenvalue weighted by atomic mass is 19.4. The Morgan fingerprint density at radius 3 is 1.47 bits per heavy atom. The Morgan fingerprint density at radius 1 is 0.765 bits per heavy atom. The third-order valence-electron chi connectivity index (χ3n) is 1.86. The van der Waals surface area contributed by atoms with Crippen LogP contribution in [0.25, 0.3) is 0 Å². The van der Waals surface area contributed by atoms with Crippen LogP contribution >= 0.6 is 0 Å². The van der Waals surface area contributed by atoms with E-state index in [2.05, 4.69) is 0 Å². The molecule has 0 aliphatic rings. The first-order valence-electron chi connectivity index (χ1n) is 4.35. The van der Waals surface area contributed by atoms with E-state index in [1.807, 2.05) is 0 Å². The zero-order chi connectivity index (χ0) is 14.1. The molecule has 0 unspecified atom stereocenters. The van der Waals surface area contributed by atoms with Crippen LogP contribution < -0.4 is 0 Å². The molecule has 17 heavy (non-hydrogen) atoms. The van der Waals surface area contributed by atoms with Gasteiger partial charge in [0.2, 0.25) is 0 Å². The summed E-state index contributed by atoms with van der Waals surface area (Å²) in [5, 5.41) is 0. The summed E-state index contributed by atoms with van der Waals surface area (Å²) in [5.74, 6) is -18.9. The van der Waals surface area contributed by atoms with Crippen LogP contribution in [-0.2, 0) is 0 Å². The zero-order valence-electron chi connectivity index (χ0n) is 8.39. The minimum atomic E-state index is -6.80. The Kier molecular flexibility index (Phi) is 4.40. The second-order valence-corrected chi connectivity index (χ2v) is 3.26. The van der Waals surface area contributed by atoms with Crippen LogP contribution in [0, 0.1) is 6.42 Å². The SMILES string of the molecule is CCC[CH]C(F)(F)C(F)(F)C(F)(F)C(F)(F)F. The number of hydrogen-bond donors (Lipinski definition) is 0. The summed E-state index contributed by atoms with van der Waals surface area (Å²) in [6, 6.07) is 0. The summed E-state index contributed by atoms with van der Waals surface area (Å²) < 4.78 is 110. The molecule has 0 aliphatic heterocycles. The van der Waals surface area contributed by atoms with Crippen LogP contribution in [0.2, 0.25) is 0 Å². The lowest BCUT2D eigenvalue weighted by Gasteiger charge is -2.33. The highest BCUT2D eigenvalue weighted by Crippen LogP contribution is 2.54. The van der Waals surface area contributed by atoms with E-state index in [-0.39, 0.29) is 6.42 Å². The topological polar surface area (TPSA) is 0 Å². The first kappa shape index (κ1) is 16.4. The maximum absolute atomic E-state index is 12.6. The smallest absolute Gasteiger partial charge is 0.199 e. The number of alkyl halides is 9. The molecule has 0 aromatic rings. The molecular formula is C8H8F9. The van der Waals surface area contributed by atoms with Crippen molar-refractivity contribution in [3.8, 4) is 0 Å². The lowest BCUT2D eigenvalue weighted by Crippen LogP contribution is -2.60. The van der Waals surface area contributed by atoms with Gasteiger partial charge in [-0.3, -0.25) is 0 Å². The second kappa shape index (κ2) is 4.56. The Morgan fingerprint density at radius 2 is 1.18 bits per heavy atom. The molecule has 0 N–H and O–H groups in total. The number of hydrogen-bond acceptors (Lipinski definition) is 0. The molecule has 1 radical (unpaired) electrons. The molecule has 0 heterocycles. The predicted octanol–water partition coefficient (Wildman–Crippen LogP) is 4.46. The molecule has 0 aromatic carbocycles. The largest absolute Gasteiger partial charge is 0.460 e. The van der Waals surface area contributed by atoms with E-state index in [4.69, 9.17) is 0 Å². The monoisotopic (exact) mass is 275 g/mol. The first-order chi connectivity index (χ1) is 7.31. The standard InChI is InChI=1S/C8H8F9/c1-2-3-4-5(9,10)6(11,12)7(13,14)8(15,16)17/h4H,2-3H2,1H3. The molecule has 0 bridgehead atoms. The molecule has 0 rings (SSSR count). The molecule has 0 aliphatic carbocycles. The molecule has 0 spiro atoms. The van der Waals surface area contributed by atoms with E-state index in [0.717, 1.165) is 0 Å². The Labute approximate surface area is 90.8 Å². The van der Waals surface area contributed by atoms with Gasteiger partial charge in [0.15, 0.2) is 0 Å². The quantitative estimate of drug-likeness (QED) is 0.650. The van der Waals surface area contributed by atoms with Crippen molar-refractivity contribution in [2.24, 2.45) is 0 Å². The maximum Gasteiger partial charge on any atom is 0.460 e. The van der Waals surface area contributed by atoms with E-state index < -0.39 is 36.8 Å². The van der Waals surface area contributed by atoms with E-state index in [1.54, 1.807) is 0 Å². The van der Waals surface area contributed by atoms with Gasteiger partial charge in [0.1, 0.15) is 0 Å². The van der Waals surface area contributed by atoms with Crippen molar-refractivity contribution in [3.05, 3.63) is 6.42 Å². The van der Waals surface area contributed by atoms with Crippen molar-refractivity contribution < 1.29 is 39.5 Å². The molecule has 0 saturated carbocycles. The van der Waals surface area contributed by atoms with Gasteiger partial charge in [0.25, 0.3) is 0 Å². The van der Waals surface area contributed by atoms with Crippen molar-refractivity contribution in [1.29, 1.82) is 0 Å². The third-order valence-corrected chi connectivity index (χ3v) is 1.86. The highest BCUT2D eigenvalue weighted by Gasteiger charge is 2.81. The summed E-state index contributed by atoms with van der Waals surface area (Å²) in [7, 11) is 0. The first-order valence-corrected chi connectivity index (χ1v) is 4.35. The average Bonchev–Trinajstić information content (AvgIpc) is 2.12. The van der Waals surface area contributed by atoms with Gasteiger partial charge in [-0.1, -0.05) is 13.3 Å². The fraction of sp³-hybridized carbons (Fsp3) is 0.875. The van der Waals surface area contributed by atoms with Crippen molar-refractivity contribution in [3.63, 3.8) is 0 Å². The predicted molar refractivity (Wildman–Crippen MR) is 40.1 cm³/mol. The van der Waals surface area contributed by atoms with Gasteiger partial charge in [-0.05, 0) is 6.42 Å². The second-order valence-electron chi connectivity index (χ2n) is 3.26. The number of rotatable bonds is 5. The fourth-order valence-corrected chi connectivity index (χ4v) is 0.841. The van der Waals surface area contributed by atoms with Gasteiger partial charge >= 0.3 is 23.9 Å². The van der Waals surface area contributed by atoms with Crippen molar-refractivity contribution in [2.75, 3.05) is 0 Å². The molecule has 0 nitrogen and oxygen atoms in total. The number of halogens is 9. The molecule has 0 fully saturated rings. The molecule has 0 saturated heterocycles. The Bertz CT molecular complexity index is 252. The van der Waals surface area contributed by atoms with Gasteiger partial charge < -0.3 is 0 Å². The van der Waals surface area contributed by atoms with Crippen LogP contribution in [0.4, 0.5) is 39.5 Å². The maximum atomic E-state index is 12.6. The van der Waals surface area contributed by atoms with E-state index in [1.165, 1.54) is 6.92 Å². The van der Waals surface area contributed by atoms with Gasteiger partial charge in [0, 0.05) is 6.42 Å². The molecule has 0 atom stereocenters. The van der Waals surface area contributed by atoms with Gasteiger partial charge in [-0.25, -0.2) is 0 Å². The Hall–Kier alpha value is -0.630. The van der Waals surface area contributed by atoms with Crippen LogP contribution in [-0.4, -0.2) is 23.9 Å². The zero-order valence-corrected chi connectivity index (χ0v) is 8.39. The third kappa shape index (κ3) is 2.79. The summed E-state index contributed by atoms with van der Waals surface area (Å²) >= 11 is 0. The van der Waals surface area contributed by atoms with E-state index in [9.17, 15) is 39.5 Å².